The zero-order valence-electron chi connectivity index (χ0n) is 15.6. The molecular weight excluding hydrogens is 526 g/mol. The van der Waals surface area contributed by atoms with Crippen molar-refractivity contribution in [3.8, 4) is 11.5 Å². The number of carbonyl (C=O) groups excluding carboxylic acids is 3. The van der Waals surface area contributed by atoms with Crippen molar-refractivity contribution in [3.05, 3.63) is 56.3 Å². The zero-order valence-corrected chi connectivity index (χ0v) is 18.6. The molecule has 0 aromatic heterocycles. The topological polar surface area (TPSA) is 95.9 Å². The summed E-state index contributed by atoms with van der Waals surface area (Å²) in [6, 6.07) is 8.35. The molecule has 30 heavy (non-hydrogen) atoms. The van der Waals surface area contributed by atoms with Gasteiger partial charge in [0.05, 0.1) is 15.1 Å². The Morgan fingerprint density at radius 2 is 2.00 bits per heavy atom. The van der Waals surface area contributed by atoms with Crippen LogP contribution in [0.5, 0.6) is 11.5 Å². The molecule has 3 rings (SSSR count). The monoisotopic (exact) mass is 542 g/mol. The van der Waals surface area contributed by atoms with Crippen molar-refractivity contribution in [2.75, 3.05) is 18.5 Å². The normalized spacial score (nSPS) is 15.0. The van der Waals surface area contributed by atoms with Crippen LogP contribution in [0.1, 0.15) is 12.5 Å². The molecule has 0 aliphatic carbocycles. The van der Waals surface area contributed by atoms with Crippen molar-refractivity contribution in [2.45, 2.75) is 6.92 Å². The van der Waals surface area contributed by atoms with Gasteiger partial charge in [-0.25, -0.2) is 4.39 Å². The highest BCUT2D eigenvalue weighted by Crippen LogP contribution is 2.36. The number of nitrogens with zero attached hydrogens (tertiary/aromatic N) is 1. The number of amides is 3. The molecule has 1 aliphatic rings. The van der Waals surface area contributed by atoms with Gasteiger partial charge >= 0.3 is 0 Å². The van der Waals surface area contributed by atoms with Crippen LogP contribution in [0.3, 0.4) is 0 Å². The Morgan fingerprint density at radius 1 is 1.30 bits per heavy atom. The Balaban J connectivity index is 1.74. The lowest BCUT2D eigenvalue weighted by molar-refractivity contribution is -0.127. The smallest absolute Gasteiger partial charge is 0.294 e. The molecule has 156 valence electrons. The summed E-state index contributed by atoms with van der Waals surface area (Å²) in [6.07, 6.45) is 1.51. The summed E-state index contributed by atoms with van der Waals surface area (Å²) in [5.41, 5.74) is 0.924. The van der Waals surface area contributed by atoms with Crippen LogP contribution in [0.15, 0.2) is 41.3 Å². The van der Waals surface area contributed by atoms with Gasteiger partial charge in [-0.2, -0.15) is 0 Å². The van der Waals surface area contributed by atoms with Crippen LogP contribution in [-0.4, -0.2) is 40.2 Å². The minimum atomic E-state index is -0.597. The molecule has 0 unspecified atom stereocenters. The maximum atomic E-state index is 12.9. The van der Waals surface area contributed by atoms with E-state index in [0.29, 0.717) is 21.4 Å². The Kier molecular flexibility index (Phi) is 6.98. The molecule has 1 aliphatic heterocycles. The molecule has 0 spiro atoms. The number of phenols is 1. The van der Waals surface area contributed by atoms with Crippen LogP contribution >= 0.6 is 34.4 Å². The van der Waals surface area contributed by atoms with Gasteiger partial charge in [-0.05, 0) is 89.3 Å². The zero-order chi connectivity index (χ0) is 21.8. The van der Waals surface area contributed by atoms with Crippen LogP contribution in [0.25, 0.3) is 6.08 Å². The fourth-order valence-electron chi connectivity index (χ4n) is 2.61. The van der Waals surface area contributed by atoms with Gasteiger partial charge in [0, 0.05) is 5.69 Å². The number of nitrogens with one attached hydrogen (secondary N) is 1. The second-order valence-electron chi connectivity index (χ2n) is 6.11. The summed E-state index contributed by atoms with van der Waals surface area (Å²) in [5.74, 6) is -1.35. The summed E-state index contributed by atoms with van der Waals surface area (Å²) in [4.78, 5) is 38.0. The molecule has 1 heterocycles. The molecule has 0 saturated carbocycles. The van der Waals surface area contributed by atoms with E-state index < -0.39 is 29.4 Å². The van der Waals surface area contributed by atoms with Gasteiger partial charge in [-0.15, -0.1) is 0 Å². The largest absolute Gasteiger partial charge is 0.504 e. The Bertz CT molecular complexity index is 1040. The first-order chi connectivity index (χ1) is 14.3. The van der Waals surface area contributed by atoms with Crippen molar-refractivity contribution >= 4 is 63.2 Å². The van der Waals surface area contributed by atoms with E-state index in [-0.39, 0.29) is 16.4 Å². The molecule has 7 nitrogen and oxygen atoms in total. The number of rotatable bonds is 6. The number of imide groups is 1. The van der Waals surface area contributed by atoms with Crippen molar-refractivity contribution < 1.29 is 28.6 Å². The van der Waals surface area contributed by atoms with Gasteiger partial charge in [0.1, 0.15) is 12.4 Å². The predicted molar refractivity (Wildman–Crippen MR) is 120 cm³/mol. The first-order valence-corrected chi connectivity index (χ1v) is 10.6. The second-order valence-corrected chi connectivity index (χ2v) is 8.26. The maximum Gasteiger partial charge on any atom is 0.294 e. The van der Waals surface area contributed by atoms with Gasteiger partial charge in [-0.3, -0.25) is 19.3 Å². The summed E-state index contributed by atoms with van der Waals surface area (Å²) in [6.45, 7) is 1.67. The van der Waals surface area contributed by atoms with Gasteiger partial charge in [-0.1, -0.05) is 0 Å². The molecule has 3 amide bonds. The van der Waals surface area contributed by atoms with Crippen molar-refractivity contribution in [1.29, 1.82) is 0 Å². The molecular formula is C20H16FIN2O5S. The van der Waals surface area contributed by atoms with Gasteiger partial charge < -0.3 is 15.2 Å². The summed E-state index contributed by atoms with van der Waals surface area (Å²) < 4.78 is 18.9. The highest BCUT2D eigenvalue weighted by molar-refractivity contribution is 14.1. The summed E-state index contributed by atoms with van der Waals surface area (Å²) in [5, 5.41) is 12.0. The van der Waals surface area contributed by atoms with Crippen molar-refractivity contribution in [1.82, 2.24) is 4.90 Å². The van der Waals surface area contributed by atoms with E-state index in [0.717, 1.165) is 16.7 Å². The number of ether oxygens (including phenoxy) is 1. The van der Waals surface area contributed by atoms with E-state index in [1.54, 1.807) is 19.1 Å². The Labute approximate surface area is 189 Å². The fraction of sp³-hybridized carbons (Fsp3) is 0.150. The van der Waals surface area contributed by atoms with E-state index in [4.69, 9.17) is 4.74 Å². The lowest BCUT2D eigenvalue weighted by Crippen LogP contribution is -2.36. The number of thioether (sulfide) groups is 1. The molecule has 10 heteroatoms. The molecule has 2 N–H and O–H groups in total. The first-order valence-electron chi connectivity index (χ1n) is 8.74. The van der Waals surface area contributed by atoms with Crippen LogP contribution in [0.2, 0.25) is 0 Å². The van der Waals surface area contributed by atoms with Gasteiger partial charge in [0.15, 0.2) is 11.5 Å². The summed E-state index contributed by atoms with van der Waals surface area (Å²) >= 11 is 2.66. The van der Waals surface area contributed by atoms with E-state index in [2.05, 4.69) is 5.32 Å². The second kappa shape index (κ2) is 9.47. The fourth-order valence-corrected chi connectivity index (χ4v) is 4.07. The number of hydrogen-bond donors (Lipinski definition) is 2. The Hall–Kier alpha value is -2.60. The van der Waals surface area contributed by atoms with Crippen LogP contribution in [-0.2, 0) is 9.59 Å². The first kappa shape index (κ1) is 22.1. The van der Waals surface area contributed by atoms with Crippen LogP contribution < -0.4 is 10.1 Å². The number of hydrogen-bond acceptors (Lipinski definition) is 6. The third-order valence-electron chi connectivity index (χ3n) is 3.95. The third-order valence-corrected chi connectivity index (χ3v) is 5.68. The molecule has 2 aromatic carbocycles. The number of benzene rings is 2. The minimum absolute atomic E-state index is 0.000156. The quantitative estimate of drug-likeness (QED) is 0.420. The third kappa shape index (κ3) is 5.11. The van der Waals surface area contributed by atoms with E-state index >= 15 is 0 Å². The van der Waals surface area contributed by atoms with E-state index in [1.165, 1.54) is 30.3 Å². The molecule has 2 aromatic rings. The molecule has 0 bridgehead atoms. The lowest BCUT2D eigenvalue weighted by Gasteiger charge is -2.12. The van der Waals surface area contributed by atoms with Crippen LogP contribution in [0, 0.1) is 9.39 Å². The number of aromatic hydroxyl groups is 1. The minimum Gasteiger partial charge on any atom is -0.504 e. The SMILES string of the molecule is CCOc1cc(/C=C2\SC(=O)N(CC(=O)Nc3ccc(F)cc3)C2=O)cc(I)c1O. The molecule has 1 saturated heterocycles. The van der Waals surface area contributed by atoms with E-state index in [1.807, 2.05) is 22.6 Å². The van der Waals surface area contributed by atoms with Crippen LogP contribution in [0.4, 0.5) is 14.9 Å². The number of halogens is 2. The van der Waals surface area contributed by atoms with Crippen molar-refractivity contribution in [3.63, 3.8) is 0 Å². The van der Waals surface area contributed by atoms with Gasteiger partial charge in [0.2, 0.25) is 5.91 Å². The predicted octanol–water partition coefficient (Wildman–Crippen LogP) is 4.21. The van der Waals surface area contributed by atoms with Gasteiger partial charge in [0.25, 0.3) is 11.1 Å². The number of phenolic OH excluding ortho intramolecular Hbond substituents is 1. The number of carbonyl (C=O) groups is 3. The highest BCUT2D eigenvalue weighted by atomic mass is 127. The van der Waals surface area contributed by atoms with Crippen molar-refractivity contribution in [2.24, 2.45) is 0 Å². The maximum absolute atomic E-state index is 12.9. The average Bonchev–Trinajstić information content (AvgIpc) is 2.95. The molecule has 1 fully saturated rings. The summed E-state index contributed by atoms with van der Waals surface area (Å²) in [7, 11) is 0. The lowest BCUT2D eigenvalue weighted by atomic mass is 10.2. The Morgan fingerprint density at radius 3 is 2.67 bits per heavy atom. The highest BCUT2D eigenvalue weighted by Gasteiger charge is 2.36. The standard InChI is InChI=1S/C20H16FIN2O5S/c1-2-29-15-8-11(7-14(22)18(15)26)9-16-19(27)24(20(28)30-16)10-17(25)23-13-5-3-12(21)4-6-13/h3-9,26H,2,10H2,1H3,(H,23,25)/b16-9-. The molecule has 0 radical (unpaired) electrons. The van der Waals surface area contributed by atoms with E-state index in [9.17, 15) is 23.9 Å². The molecule has 0 atom stereocenters. The average molecular weight is 542 g/mol. The number of anilines is 1.